The van der Waals surface area contributed by atoms with Gasteiger partial charge in [0.1, 0.15) is 0 Å². The van der Waals surface area contributed by atoms with Crippen LogP contribution in [0.1, 0.15) is 40.3 Å². The molecule has 1 heteroatoms. The number of benzene rings is 4. The average molecular weight is 400 g/mol. The highest BCUT2D eigenvalue weighted by atomic mass is 15.0. The summed E-state index contributed by atoms with van der Waals surface area (Å²) in [6.45, 7) is 0. The van der Waals surface area contributed by atoms with E-state index in [-0.39, 0.29) is 23.9 Å². The summed E-state index contributed by atoms with van der Waals surface area (Å²) in [5, 5.41) is 3.96. The number of hydrogen-bond acceptors (Lipinski definition) is 1. The Morgan fingerprint density at radius 1 is 0.484 bits per heavy atom. The van der Waals surface area contributed by atoms with E-state index in [0.29, 0.717) is 0 Å². The summed E-state index contributed by atoms with van der Waals surface area (Å²) in [7, 11) is 0. The van der Waals surface area contributed by atoms with Crippen LogP contribution in [0.5, 0.6) is 0 Å². The van der Waals surface area contributed by atoms with Gasteiger partial charge in [0, 0.05) is 29.5 Å². The van der Waals surface area contributed by atoms with Gasteiger partial charge in [0.05, 0.1) is 0 Å². The van der Waals surface area contributed by atoms with Crippen molar-refractivity contribution in [1.82, 2.24) is 5.32 Å². The first-order valence-electron chi connectivity index (χ1n) is 10.9. The SMILES string of the molecule is C(#CC1C(c2ccccc2)[C@@H](c2ccccc2)N[C@H]1c1ccccc1)c1ccccc1. The highest BCUT2D eigenvalue weighted by molar-refractivity contribution is 5.41. The number of nitrogens with one attached hydrogen (secondary N) is 1. The van der Waals surface area contributed by atoms with Crippen LogP contribution in [0.2, 0.25) is 0 Å². The first kappa shape index (κ1) is 19.4. The van der Waals surface area contributed by atoms with E-state index in [1.807, 2.05) is 18.2 Å². The van der Waals surface area contributed by atoms with Gasteiger partial charge in [0.25, 0.3) is 0 Å². The van der Waals surface area contributed by atoms with Gasteiger partial charge in [-0.05, 0) is 28.8 Å². The predicted molar refractivity (Wildman–Crippen MR) is 127 cm³/mol. The maximum Gasteiger partial charge on any atom is 0.0488 e. The lowest BCUT2D eigenvalue weighted by molar-refractivity contribution is 0.537. The van der Waals surface area contributed by atoms with Crippen LogP contribution in [0.4, 0.5) is 0 Å². The molecule has 1 aliphatic heterocycles. The monoisotopic (exact) mass is 399 g/mol. The van der Waals surface area contributed by atoms with Gasteiger partial charge >= 0.3 is 0 Å². The second kappa shape index (κ2) is 9.04. The van der Waals surface area contributed by atoms with Crippen molar-refractivity contribution in [2.24, 2.45) is 5.92 Å². The molecule has 1 fully saturated rings. The molecule has 0 spiro atoms. The lowest BCUT2D eigenvalue weighted by Crippen LogP contribution is -2.20. The summed E-state index contributed by atoms with van der Waals surface area (Å²) in [5.74, 6) is 7.55. The van der Waals surface area contributed by atoms with Gasteiger partial charge in [-0.2, -0.15) is 0 Å². The Bertz CT molecular complexity index is 1160. The first-order chi connectivity index (χ1) is 15.4. The van der Waals surface area contributed by atoms with Crippen LogP contribution in [0, 0.1) is 17.8 Å². The zero-order chi connectivity index (χ0) is 20.9. The third-order valence-electron chi connectivity index (χ3n) is 6.12. The molecule has 4 atom stereocenters. The Kier molecular flexibility index (Phi) is 5.65. The summed E-state index contributed by atoms with van der Waals surface area (Å²) in [6, 6.07) is 43.0. The molecule has 2 unspecified atom stereocenters. The second-order valence-electron chi connectivity index (χ2n) is 8.04. The van der Waals surface area contributed by atoms with E-state index < -0.39 is 0 Å². The van der Waals surface area contributed by atoms with Gasteiger partial charge in [0.15, 0.2) is 0 Å². The zero-order valence-electron chi connectivity index (χ0n) is 17.4. The van der Waals surface area contributed by atoms with Crippen LogP contribution >= 0.6 is 0 Å². The standard InChI is InChI=1S/C30H25N/c1-5-13-23(14-6-1)21-22-27-28(24-15-7-2-8-16-24)30(26-19-11-4-12-20-26)31-29(27)25-17-9-3-10-18-25/h1-20,27-31H/t27?,28?,29-,30+/m0/s1. The molecule has 31 heavy (non-hydrogen) atoms. The van der Waals surface area contributed by atoms with E-state index in [1.165, 1.54) is 16.7 Å². The average Bonchev–Trinajstić information content (AvgIpc) is 3.24. The highest BCUT2D eigenvalue weighted by Crippen LogP contribution is 2.49. The summed E-state index contributed by atoms with van der Waals surface area (Å²) >= 11 is 0. The van der Waals surface area contributed by atoms with Crippen LogP contribution in [0.3, 0.4) is 0 Å². The van der Waals surface area contributed by atoms with Crippen molar-refractivity contribution in [3.63, 3.8) is 0 Å². The van der Waals surface area contributed by atoms with Crippen molar-refractivity contribution in [2.45, 2.75) is 18.0 Å². The predicted octanol–water partition coefficient (Wildman–Crippen LogP) is 6.52. The fourth-order valence-corrected chi connectivity index (χ4v) is 4.68. The van der Waals surface area contributed by atoms with E-state index in [9.17, 15) is 0 Å². The molecule has 5 rings (SSSR count). The Morgan fingerprint density at radius 2 is 0.935 bits per heavy atom. The molecule has 4 aromatic rings. The molecule has 0 aliphatic carbocycles. The maximum atomic E-state index is 3.96. The highest BCUT2D eigenvalue weighted by Gasteiger charge is 2.44. The summed E-state index contributed by atoms with van der Waals surface area (Å²) < 4.78 is 0. The Hall–Kier alpha value is -3.60. The lowest BCUT2D eigenvalue weighted by Gasteiger charge is -2.23. The molecule has 0 amide bonds. The second-order valence-corrected chi connectivity index (χ2v) is 8.04. The molecular formula is C30H25N. The molecule has 1 heterocycles. The molecule has 1 N–H and O–H groups in total. The molecule has 0 bridgehead atoms. The van der Waals surface area contributed by atoms with E-state index in [4.69, 9.17) is 0 Å². The molecule has 0 aromatic heterocycles. The van der Waals surface area contributed by atoms with E-state index in [1.54, 1.807) is 0 Å². The third kappa shape index (κ3) is 4.17. The van der Waals surface area contributed by atoms with Gasteiger partial charge in [-0.1, -0.05) is 121 Å². The molecular weight excluding hydrogens is 374 g/mol. The number of rotatable bonds is 3. The quantitative estimate of drug-likeness (QED) is 0.387. The van der Waals surface area contributed by atoms with Gasteiger partial charge in [-0.3, -0.25) is 0 Å². The minimum atomic E-state index is 0.148. The van der Waals surface area contributed by atoms with Crippen LogP contribution < -0.4 is 5.32 Å². The fourth-order valence-electron chi connectivity index (χ4n) is 4.68. The molecule has 4 aromatic carbocycles. The molecule has 1 aliphatic rings. The smallest absolute Gasteiger partial charge is 0.0488 e. The van der Waals surface area contributed by atoms with Crippen molar-refractivity contribution in [3.05, 3.63) is 144 Å². The Balaban J connectivity index is 1.64. The van der Waals surface area contributed by atoms with Crippen molar-refractivity contribution >= 4 is 0 Å². The van der Waals surface area contributed by atoms with Crippen molar-refractivity contribution < 1.29 is 0 Å². The topological polar surface area (TPSA) is 12.0 Å². The molecule has 150 valence electrons. The normalized spacial score (nSPS) is 22.5. The van der Waals surface area contributed by atoms with Gasteiger partial charge in [0.2, 0.25) is 0 Å². The van der Waals surface area contributed by atoms with Crippen molar-refractivity contribution in [2.75, 3.05) is 0 Å². The third-order valence-corrected chi connectivity index (χ3v) is 6.12. The lowest BCUT2D eigenvalue weighted by atomic mass is 9.78. The molecule has 1 nitrogen and oxygen atoms in total. The largest absolute Gasteiger partial charge is 0.301 e. The molecule has 1 saturated heterocycles. The Labute approximate surface area is 184 Å². The summed E-state index contributed by atoms with van der Waals surface area (Å²) in [4.78, 5) is 0. The zero-order valence-corrected chi connectivity index (χ0v) is 17.4. The minimum Gasteiger partial charge on any atom is -0.301 e. The van der Waals surface area contributed by atoms with E-state index in [0.717, 1.165) is 5.56 Å². The van der Waals surface area contributed by atoms with Gasteiger partial charge in [-0.15, -0.1) is 0 Å². The van der Waals surface area contributed by atoms with Gasteiger partial charge < -0.3 is 5.32 Å². The fraction of sp³-hybridized carbons (Fsp3) is 0.133. The summed E-state index contributed by atoms with van der Waals surface area (Å²) in [6.07, 6.45) is 0. The van der Waals surface area contributed by atoms with Gasteiger partial charge in [-0.25, -0.2) is 0 Å². The van der Waals surface area contributed by atoms with Crippen LogP contribution in [0.15, 0.2) is 121 Å². The number of hydrogen-bond donors (Lipinski definition) is 1. The summed E-state index contributed by atoms with van der Waals surface area (Å²) in [5.41, 5.74) is 4.98. The minimum absolute atomic E-state index is 0.148. The van der Waals surface area contributed by atoms with Crippen molar-refractivity contribution in [3.8, 4) is 11.8 Å². The van der Waals surface area contributed by atoms with E-state index >= 15 is 0 Å². The molecule has 0 radical (unpaired) electrons. The first-order valence-corrected chi connectivity index (χ1v) is 10.9. The van der Waals surface area contributed by atoms with E-state index in [2.05, 4.69) is 120 Å². The Morgan fingerprint density at radius 3 is 1.48 bits per heavy atom. The van der Waals surface area contributed by atoms with Crippen LogP contribution in [0.25, 0.3) is 0 Å². The molecule has 0 saturated carbocycles. The maximum absolute atomic E-state index is 3.96. The van der Waals surface area contributed by atoms with Crippen LogP contribution in [-0.4, -0.2) is 0 Å². The van der Waals surface area contributed by atoms with Crippen LogP contribution in [-0.2, 0) is 0 Å². The van der Waals surface area contributed by atoms with Crippen molar-refractivity contribution in [1.29, 1.82) is 0 Å².